The van der Waals surface area contributed by atoms with Crippen LogP contribution >= 0.6 is 0 Å². The Morgan fingerprint density at radius 2 is 1.49 bits per heavy atom. The normalized spacial score (nSPS) is 12.7. The summed E-state index contributed by atoms with van der Waals surface area (Å²) in [6, 6.07) is 13.1. The summed E-state index contributed by atoms with van der Waals surface area (Å²) in [5.41, 5.74) is -2.90. The van der Waals surface area contributed by atoms with Crippen LogP contribution in [0.5, 0.6) is 5.75 Å². The van der Waals surface area contributed by atoms with Crippen molar-refractivity contribution in [2.75, 3.05) is 5.32 Å². The molecule has 0 aliphatic rings. The molecule has 180 valence electrons. The highest BCUT2D eigenvalue weighted by Crippen LogP contribution is 2.32. The van der Waals surface area contributed by atoms with Crippen LogP contribution in [-0.4, -0.2) is 11.0 Å². The lowest BCUT2D eigenvalue weighted by Crippen LogP contribution is -2.22. The molecule has 5 nitrogen and oxygen atoms in total. The maximum atomic E-state index is 13.1. The van der Waals surface area contributed by atoms with Gasteiger partial charge in [-0.25, -0.2) is 4.99 Å². The molecule has 4 aromatic rings. The fourth-order valence-corrected chi connectivity index (χ4v) is 3.19. The number of alkyl halides is 6. The van der Waals surface area contributed by atoms with Crippen LogP contribution in [0.3, 0.4) is 0 Å². The molecular weight excluding hydrogens is 478 g/mol. The SMILES string of the molecule is O=C(Nc1cccc(C(F)(F)F)c1)c1cc2ccc(O)cc2oc1=Nc1cccc(C(F)(F)F)c1. The Labute approximate surface area is 193 Å². The Bertz CT molecular complexity index is 1490. The smallest absolute Gasteiger partial charge is 0.416 e. The minimum absolute atomic E-state index is 0.0753. The molecule has 0 unspecified atom stereocenters. The molecule has 1 amide bonds. The van der Waals surface area contributed by atoms with Gasteiger partial charge < -0.3 is 14.8 Å². The lowest BCUT2D eigenvalue weighted by Gasteiger charge is -2.10. The molecule has 0 aliphatic carbocycles. The number of fused-ring (bicyclic) bond motifs is 1. The number of anilines is 1. The van der Waals surface area contributed by atoms with Crippen molar-refractivity contribution in [2.45, 2.75) is 12.4 Å². The number of carbonyl (C=O) groups excluding carboxylic acids is 1. The summed E-state index contributed by atoms with van der Waals surface area (Å²) in [5, 5.41) is 12.4. The minimum atomic E-state index is -4.64. The van der Waals surface area contributed by atoms with Gasteiger partial charge in [0.25, 0.3) is 5.91 Å². The highest BCUT2D eigenvalue weighted by atomic mass is 19.4. The number of nitrogens with zero attached hydrogens (tertiary/aromatic N) is 1. The van der Waals surface area contributed by atoms with Crippen LogP contribution in [0.2, 0.25) is 0 Å². The zero-order chi connectivity index (χ0) is 25.4. The minimum Gasteiger partial charge on any atom is -0.508 e. The van der Waals surface area contributed by atoms with E-state index < -0.39 is 34.9 Å². The average molecular weight is 492 g/mol. The van der Waals surface area contributed by atoms with Crippen molar-refractivity contribution < 1.29 is 40.7 Å². The molecule has 11 heteroatoms. The number of rotatable bonds is 3. The second-order valence-electron chi connectivity index (χ2n) is 7.38. The summed E-state index contributed by atoms with van der Waals surface area (Å²) in [7, 11) is 0. The first-order valence-electron chi connectivity index (χ1n) is 9.88. The van der Waals surface area contributed by atoms with Gasteiger partial charge >= 0.3 is 12.4 Å². The standard InChI is InChI=1S/C24H14F6N2O3/c25-23(26,27)14-3-1-5-16(10-14)31-21(34)19-9-13-7-8-18(33)12-20(13)35-22(19)32-17-6-2-4-15(11-17)24(28,29)30/h1-12,33H,(H,31,34). The lowest BCUT2D eigenvalue weighted by atomic mass is 10.1. The Kier molecular flexibility index (Phi) is 6.01. The second kappa shape index (κ2) is 8.82. The third-order valence-electron chi connectivity index (χ3n) is 4.83. The maximum absolute atomic E-state index is 13.1. The monoisotopic (exact) mass is 492 g/mol. The molecule has 0 atom stereocenters. The van der Waals surface area contributed by atoms with Crippen molar-refractivity contribution in [2.24, 2.45) is 4.99 Å². The summed E-state index contributed by atoms with van der Waals surface area (Å²) in [6.07, 6.45) is -9.27. The average Bonchev–Trinajstić information content (AvgIpc) is 2.78. The van der Waals surface area contributed by atoms with Crippen molar-refractivity contribution >= 4 is 28.3 Å². The molecule has 4 rings (SSSR count). The first kappa shape index (κ1) is 23.9. The number of hydrogen-bond donors (Lipinski definition) is 2. The van der Waals surface area contributed by atoms with Crippen LogP contribution < -0.4 is 10.9 Å². The van der Waals surface area contributed by atoms with Gasteiger partial charge in [0.15, 0.2) is 0 Å². The van der Waals surface area contributed by atoms with Gasteiger partial charge in [0.05, 0.1) is 16.8 Å². The summed E-state index contributed by atoms with van der Waals surface area (Å²) < 4.78 is 83.9. The topological polar surface area (TPSA) is 74.8 Å². The molecule has 0 spiro atoms. The van der Waals surface area contributed by atoms with E-state index in [1.807, 2.05) is 0 Å². The molecule has 0 bridgehead atoms. The fraction of sp³-hybridized carbons (Fsp3) is 0.0833. The number of nitrogens with one attached hydrogen (secondary N) is 1. The molecule has 1 aromatic heterocycles. The molecule has 0 fully saturated rings. The van der Waals surface area contributed by atoms with Crippen LogP contribution in [0.4, 0.5) is 37.7 Å². The van der Waals surface area contributed by atoms with E-state index in [0.717, 1.165) is 36.4 Å². The number of phenolic OH excluding ortho intramolecular Hbond substituents is 1. The number of halogens is 6. The van der Waals surface area contributed by atoms with Gasteiger partial charge in [-0.2, -0.15) is 26.3 Å². The first-order chi connectivity index (χ1) is 16.4. The molecule has 1 heterocycles. The van der Waals surface area contributed by atoms with Gasteiger partial charge in [0.1, 0.15) is 16.9 Å². The number of carbonyl (C=O) groups is 1. The van der Waals surface area contributed by atoms with E-state index >= 15 is 0 Å². The predicted molar refractivity (Wildman–Crippen MR) is 114 cm³/mol. The summed E-state index contributed by atoms with van der Waals surface area (Å²) >= 11 is 0. The van der Waals surface area contributed by atoms with Gasteiger partial charge in [-0.3, -0.25) is 4.79 Å². The second-order valence-corrected chi connectivity index (χ2v) is 7.38. The van der Waals surface area contributed by atoms with Crippen LogP contribution in [0, 0.1) is 0 Å². The maximum Gasteiger partial charge on any atom is 0.416 e. The zero-order valence-corrected chi connectivity index (χ0v) is 17.4. The van der Waals surface area contributed by atoms with E-state index in [1.165, 1.54) is 36.4 Å². The number of amides is 1. The van der Waals surface area contributed by atoms with Gasteiger partial charge in [0, 0.05) is 17.1 Å². The van der Waals surface area contributed by atoms with E-state index in [-0.39, 0.29) is 28.3 Å². The van der Waals surface area contributed by atoms with Crippen LogP contribution in [0.1, 0.15) is 21.5 Å². The molecule has 3 aromatic carbocycles. The van der Waals surface area contributed by atoms with E-state index in [0.29, 0.717) is 5.39 Å². The van der Waals surface area contributed by atoms with Crippen molar-refractivity contribution in [1.82, 2.24) is 0 Å². The zero-order valence-electron chi connectivity index (χ0n) is 17.4. The van der Waals surface area contributed by atoms with E-state index in [1.54, 1.807) is 0 Å². The highest BCUT2D eigenvalue weighted by molar-refractivity contribution is 6.05. The van der Waals surface area contributed by atoms with Crippen molar-refractivity contribution in [3.8, 4) is 5.75 Å². The lowest BCUT2D eigenvalue weighted by molar-refractivity contribution is -0.138. The number of benzene rings is 3. The summed E-state index contributed by atoms with van der Waals surface area (Å²) in [5.74, 6) is -1.08. The summed E-state index contributed by atoms with van der Waals surface area (Å²) in [4.78, 5) is 17.0. The molecule has 0 saturated carbocycles. The van der Waals surface area contributed by atoms with E-state index in [2.05, 4.69) is 10.3 Å². The predicted octanol–water partition coefficient (Wildman–Crippen LogP) is 6.66. The molecule has 2 N–H and O–H groups in total. The third-order valence-corrected chi connectivity index (χ3v) is 4.83. The summed E-state index contributed by atoms with van der Waals surface area (Å²) in [6.45, 7) is 0. The molecule has 35 heavy (non-hydrogen) atoms. The molecule has 0 aliphatic heterocycles. The number of phenols is 1. The third kappa shape index (κ3) is 5.45. The Morgan fingerprint density at radius 3 is 2.17 bits per heavy atom. The Hall–Kier alpha value is -4.28. The number of hydrogen-bond acceptors (Lipinski definition) is 4. The molecular formula is C24H14F6N2O3. The Morgan fingerprint density at radius 1 is 0.829 bits per heavy atom. The van der Waals surface area contributed by atoms with Gasteiger partial charge in [-0.05, 0) is 54.6 Å². The van der Waals surface area contributed by atoms with Crippen LogP contribution in [0.15, 0.2) is 82.2 Å². The van der Waals surface area contributed by atoms with Gasteiger partial charge in [0.2, 0.25) is 5.55 Å². The highest BCUT2D eigenvalue weighted by Gasteiger charge is 2.31. The van der Waals surface area contributed by atoms with Crippen LogP contribution in [-0.2, 0) is 12.4 Å². The molecule has 0 radical (unpaired) electrons. The van der Waals surface area contributed by atoms with E-state index in [9.17, 15) is 36.2 Å². The van der Waals surface area contributed by atoms with Crippen molar-refractivity contribution in [3.63, 3.8) is 0 Å². The molecule has 0 saturated heterocycles. The largest absolute Gasteiger partial charge is 0.508 e. The first-order valence-corrected chi connectivity index (χ1v) is 9.88. The van der Waals surface area contributed by atoms with Crippen molar-refractivity contribution in [3.05, 3.63) is 95.0 Å². The quantitative estimate of drug-likeness (QED) is 0.314. The van der Waals surface area contributed by atoms with Gasteiger partial charge in [-0.15, -0.1) is 0 Å². The van der Waals surface area contributed by atoms with Crippen LogP contribution in [0.25, 0.3) is 11.0 Å². The van der Waals surface area contributed by atoms with Gasteiger partial charge in [-0.1, -0.05) is 12.1 Å². The van der Waals surface area contributed by atoms with E-state index in [4.69, 9.17) is 4.42 Å². The number of aromatic hydroxyl groups is 1. The van der Waals surface area contributed by atoms with Crippen molar-refractivity contribution in [1.29, 1.82) is 0 Å². The Balaban J connectivity index is 1.83. The fourth-order valence-electron chi connectivity index (χ4n) is 3.19.